The minimum absolute atomic E-state index is 0.273. The normalized spacial score (nSPS) is 14.7. The van der Waals surface area contributed by atoms with E-state index >= 15 is 0 Å². The lowest BCUT2D eigenvalue weighted by molar-refractivity contribution is -0.113. The number of rotatable bonds is 6. The summed E-state index contributed by atoms with van der Waals surface area (Å²) in [5.41, 5.74) is 3.31. The van der Waals surface area contributed by atoms with Gasteiger partial charge < -0.3 is 20.1 Å². The number of fused-ring (bicyclic) bond motifs is 1. The van der Waals surface area contributed by atoms with Gasteiger partial charge in [0.2, 0.25) is 5.95 Å². The molecule has 176 valence electrons. The molecule has 1 aliphatic heterocycles. The van der Waals surface area contributed by atoms with E-state index < -0.39 is 6.04 Å². The van der Waals surface area contributed by atoms with Crippen LogP contribution in [0.5, 0.6) is 11.5 Å². The molecule has 4 aromatic rings. The predicted octanol–water partition coefficient (Wildman–Crippen LogP) is 3.68. The Morgan fingerprint density at radius 1 is 1.03 bits per heavy atom. The fraction of sp³-hybridized carbons (Fsp3) is 0.160. The first kappa shape index (κ1) is 22.1. The Labute approximate surface area is 201 Å². The first-order chi connectivity index (χ1) is 17.1. The van der Waals surface area contributed by atoms with Gasteiger partial charge in [-0.25, -0.2) is 4.68 Å². The lowest BCUT2D eigenvalue weighted by atomic mass is 9.96. The molecule has 10 heteroatoms. The standard InChI is InChI=1S/C25H23N7O3/c1-15-21(24(33)29-18-7-5-11-27-14-18)22(17-6-4-10-26-13-17)32-25(28-15)30-23(31-32)16-8-9-19(34-2)20(12-16)35-3/h4-14,22H,1-3H3,(H,29,33)(H,28,30,31)/t22-/m0/s1. The molecule has 0 spiro atoms. The minimum atomic E-state index is -0.544. The van der Waals surface area contributed by atoms with Crippen LogP contribution in [0.25, 0.3) is 11.4 Å². The van der Waals surface area contributed by atoms with E-state index in [2.05, 4.69) is 20.6 Å². The fourth-order valence-electron chi connectivity index (χ4n) is 4.02. The van der Waals surface area contributed by atoms with Crippen LogP contribution in [0.2, 0.25) is 0 Å². The number of hydrogen-bond acceptors (Lipinski definition) is 8. The lowest BCUT2D eigenvalue weighted by Gasteiger charge is -2.28. The number of nitrogens with zero attached hydrogens (tertiary/aromatic N) is 5. The maximum Gasteiger partial charge on any atom is 0.255 e. The number of nitrogens with one attached hydrogen (secondary N) is 2. The van der Waals surface area contributed by atoms with Crippen molar-refractivity contribution in [3.8, 4) is 22.9 Å². The van der Waals surface area contributed by atoms with Crippen LogP contribution in [0, 0.1) is 0 Å². The molecular formula is C25H23N7O3. The van der Waals surface area contributed by atoms with Gasteiger partial charge in [0.05, 0.1) is 31.7 Å². The molecule has 0 bridgehead atoms. The number of allylic oxidation sites excluding steroid dienone is 1. The molecule has 0 saturated heterocycles. The van der Waals surface area contributed by atoms with Gasteiger partial charge in [-0.15, -0.1) is 5.10 Å². The fourth-order valence-corrected chi connectivity index (χ4v) is 4.02. The van der Waals surface area contributed by atoms with Crippen LogP contribution in [0.15, 0.2) is 78.5 Å². The van der Waals surface area contributed by atoms with Crippen molar-refractivity contribution in [1.82, 2.24) is 24.7 Å². The molecule has 2 N–H and O–H groups in total. The van der Waals surface area contributed by atoms with Gasteiger partial charge in [-0.3, -0.25) is 14.8 Å². The van der Waals surface area contributed by atoms with Crippen LogP contribution in [-0.4, -0.2) is 44.9 Å². The average molecular weight is 470 g/mol. The highest BCUT2D eigenvalue weighted by Gasteiger charge is 2.34. The van der Waals surface area contributed by atoms with E-state index in [0.29, 0.717) is 40.2 Å². The van der Waals surface area contributed by atoms with Crippen LogP contribution < -0.4 is 20.1 Å². The van der Waals surface area contributed by atoms with Gasteiger partial charge in [-0.2, -0.15) is 4.98 Å². The monoisotopic (exact) mass is 469 g/mol. The first-order valence-corrected chi connectivity index (χ1v) is 10.9. The Hall–Kier alpha value is -4.73. The second-order valence-electron chi connectivity index (χ2n) is 7.82. The van der Waals surface area contributed by atoms with Crippen LogP contribution >= 0.6 is 0 Å². The molecule has 1 amide bonds. The Morgan fingerprint density at radius 2 is 1.80 bits per heavy atom. The zero-order valence-corrected chi connectivity index (χ0v) is 19.4. The molecule has 0 unspecified atom stereocenters. The Balaban J connectivity index is 1.58. The van der Waals surface area contributed by atoms with Crippen molar-refractivity contribution in [2.24, 2.45) is 0 Å². The number of anilines is 2. The maximum atomic E-state index is 13.5. The van der Waals surface area contributed by atoms with Crippen molar-refractivity contribution < 1.29 is 14.3 Å². The third-order valence-electron chi connectivity index (χ3n) is 5.66. The number of amides is 1. The first-order valence-electron chi connectivity index (χ1n) is 10.9. The quantitative estimate of drug-likeness (QED) is 0.439. The maximum absolute atomic E-state index is 13.5. The highest BCUT2D eigenvalue weighted by Crippen LogP contribution is 2.37. The van der Waals surface area contributed by atoms with Crippen molar-refractivity contribution >= 4 is 17.5 Å². The molecule has 4 heterocycles. The summed E-state index contributed by atoms with van der Waals surface area (Å²) in [6.45, 7) is 1.84. The number of aromatic nitrogens is 5. The average Bonchev–Trinajstić information content (AvgIpc) is 3.32. The second kappa shape index (κ2) is 9.26. The molecule has 1 atom stereocenters. The number of pyridine rings is 2. The van der Waals surface area contributed by atoms with Gasteiger partial charge in [-0.05, 0) is 48.9 Å². The summed E-state index contributed by atoms with van der Waals surface area (Å²) in [5.74, 6) is 1.90. The van der Waals surface area contributed by atoms with E-state index in [0.717, 1.165) is 11.1 Å². The summed E-state index contributed by atoms with van der Waals surface area (Å²) in [6.07, 6.45) is 6.66. The SMILES string of the molecule is COc1ccc(-c2nc3n(n2)[C@@H](c2cccnc2)C(C(=O)Nc2cccnc2)=C(C)N3)cc1OC. The Bertz CT molecular complexity index is 1400. The highest BCUT2D eigenvalue weighted by atomic mass is 16.5. The Kier molecular flexibility index (Phi) is 5.84. The number of ether oxygens (including phenoxy) is 2. The van der Waals surface area contributed by atoms with E-state index in [1.807, 2.05) is 31.2 Å². The topological polar surface area (TPSA) is 116 Å². The Morgan fingerprint density at radius 3 is 2.49 bits per heavy atom. The molecule has 10 nitrogen and oxygen atoms in total. The highest BCUT2D eigenvalue weighted by molar-refractivity contribution is 6.05. The van der Waals surface area contributed by atoms with Crippen molar-refractivity contribution in [3.63, 3.8) is 0 Å². The molecule has 1 aliphatic rings. The summed E-state index contributed by atoms with van der Waals surface area (Å²) < 4.78 is 12.5. The summed E-state index contributed by atoms with van der Waals surface area (Å²) in [5, 5.41) is 10.9. The molecule has 5 rings (SSSR count). The zero-order valence-electron chi connectivity index (χ0n) is 19.4. The van der Waals surface area contributed by atoms with Crippen LogP contribution in [0.3, 0.4) is 0 Å². The minimum Gasteiger partial charge on any atom is -0.493 e. The van der Waals surface area contributed by atoms with Gasteiger partial charge in [0.1, 0.15) is 6.04 Å². The summed E-state index contributed by atoms with van der Waals surface area (Å²) >= 11 is 0. The largest absolute Gasteiger partial charge is 0.493 e. The number of benzene rings is 1. The summed E-state index contributed by atoms with van der Waals surface area (Å²) in [6, 6.07) is 12.2. The molecule has 0 radical (unpaired) electrons. The third-order valence-corrected chi connectivity index (χ3v) is 5.66. The molecule has 3 aromatic heterocycles. The molecule has 0 fully saturated rings. The summed E-state index contributed by atoms with van der Waals surface area (Å²) in [7, 11) is 3.16. The van der Waals surface area contributed by atoms with Crippen LogP contribution in [0.1, 0.15) is 18.5 Å². The second-order valence-corrected chi connectivity index (χ2v) is 7.82. The van der Waals surface area contributed by atoms with Gasteiger partial charge in [-0.1, -0.05) is 6.07 Å². The van der Waals surface area contributed by atoms with Crippen molar-refractivity contribution in [2.75, 3.05) is 24.9 Å². The van der Waals surface area contributed by atoms with Crippen molar-refractivity contribution in [2.45, 2.75) is 13.0 Å². The van der Waals surface area contributed by atoms with E-state index in [1.54, 1.807) is 61.9 Å². The smallest absolute Gasteiger partial charge is 0.255 e. The van der Waals surface area contributed by atoms with Crippen molar-refractivity contribution in [3.05, 3.63) is 84.1 Å². The number of hydrogen-bond donors (Lipinski definition) is 2. The predicted molar refractivity (Wildman–Crippen MR) is 130 cm³/mol. The molecule has 1 aromatic carbocycles. The third kappa shape index (κ3) is 4.17. The number of carbonyl (C=O) groups excluding carboxylic acids is 1. The zero-order chi connectivity index (χ0) is 24.4. The number of methoxy groups -OCH3 is 2. The van der Waals surface area contributed by atoms with Gasteiger partial charge >= 0.3 is 0 Å². The summed E-state index contributed by atoms with van der Waals surface area (Å²) in [4.78, 5) is 26.5. The molecule has 35 heavy (non-hydrogen) atoms. The molecular weight excluding hydrogens is 446 g/mol. The van der Waals surface area contributed by atoms with E-state index in [1.165, 1.54) is 0 Å². The molecule has 0 aliphatic carbocycles. The van der Waals surface area contributed by atoms with Gasteiger partial charge in [0, 0.05) is 29.9 Å². The molecule has 0 saturated carbocycles. The van der Waals surface area contributed by atoms with Crippen molar-refractivity contribution in [1.29, 1.82) is 0 Å². The van der Waals surface area contributed by atoms with Gasteiger partial charge in [0.25, 0.3) is 5.91 Å². The number of carbonyl (C=O) groups is 1. The van der Waals surface area contributed by atoms with E-state index in [4.69, 9.17) is 19.6 Å². The van der Waals surface area contributed by atoms with Gasteiger partial charge in [0.15, 0.2) is 17.3 Å². The van der Waals surface area contributed by atoms with Crippen LogP contribution in [-0.2, 0) is 4.79 Å². The van der Waals surface area contributed by atoms with E-state index in [9.17, 15) is 4.79 Å². The van der Waals surface area contributed by atoms with Crippen LogP contribution in [0.4, 0.5) is 11.6 Å². The van der Waals surface area contributed by atoms with E-state index in [-0.39, 0.29) is 5.91 Å². The lowest BCUT2D eigenvalue weighted by Crippen LogP contribution is -2.31.